The Balaban J connectivity index is 2.62. The molecule has 0 unspecified atom stereocenters. The second-order valence-electron chi connectivity index (χ2n) is 3.24. The molecule has 0 saturated carbocycles. The fraction of sp³-hybridized carbons (Fsp3) is 0.0833. The third kappa shape index (κ3) is 1.42. The van der Waals surface area contributed by atoms with Crippen molar-refractivity contribution in [3.05, 3.63) is 47.7 Å². The van der Waals surface area contributed by atoms with Crippen molar-refractivity contribution in [1.82, 2.24) is 0 Å². The molecule has 1 aromatic carbocycles. The predicted molar refractivity (Wildman–Crippen MR) is 63.4 cm³/mol. The first-order valence-electron chi connectivity index (χ1n) is 4.46. The molecule has 0 saturated heterocycles. The Morgan fingerprint density at radius 1 is 1.21 bits per heavy atom. The van der Waals surface area contributed by atoms with Crippen LogP contribution in [0.4, 0.5) is 5.00 Å². The second kappa shape index (κ2) is 3.46. The maximum absolute atomic E-state index is 5.83. The number of aryl methyl sites for hydroxylation is 1. The lowest BCUT2D eigenvalue weighted by Crippen LogP contribution is -1.84. The van der Waals surface area contributed by atoms with E-state index in [1.807, 2.05) is 18.2 Å². The van der Waals surface area contributed by atoms with E-state index in [-0.39, 0.29) is 0 Å². The van der Waals surface area contributed by atoms with Gasteiger partial charge in [-0.25, -0.2) is 0 Å². The molecule has 1 radical (unpaired) electrons. The average Bonchev–Trinajstić information content (AvgIpc) is 2.43. The predicted octanol–water partition coefficient (Wildman–Crippen LogP) is 3.49. The van der Waals surface area contributed by atoms with Gasteiger partial charge in [0.2, 0.25) is 0 Å². The molecular formula is C12H12NS. The van der Waals surface area contributed by atoms with E-state index in [0.717, 1.165) is 10.6 Å². The van der Waals surface area contributed by atoms with Gasteiger partial charge in [-0.2, -0.15) is 0 Å². The normalized spacial score (nSPS) is 10.4. The van der Waals surface area contributed by atoms with Gasteiger partial charge in [-0.15, -0.1) is 11.3 Å². The lowest BCUT2D eigenvalue weighted by atomic mass is 10.0. The molecule has 1 nitrogen and oxygen atoms in total. The lowest BCUT2D eigenvalue weighted by molar-refractivity contribution is 1.56. The Morgan fingerprint density at radius 2 is 1.86 bits per heavy atom. The fourth-order valence-corrected chi connectivity index (χ4v) is 2.49. The van der Waals surface area contributed by atoms with Crippen LogP contribution >= 0.6 is 11.3 Å². The van der Waals surface area contributed by atoms with Gasteiger partial charge in [-0.1, -0.05) is 30.3 Å². The highest BCUT2D eigenvalue weighted by Crippen LogP contribution is 2.36. The van der Waals surface area contributed by atoms with Gasteiger partial charge in [0.25, 0.3) is 0 Å². The van der Waals surface area contributed by atoms with E-state index in [0.29, 0.717) is 0 Å². The van der Waals surface area contributed by atoms with Crippen LogP contribution in [0.2, 0.25) is 0 Å². The summed E-state index contributed by atoms with van der Waals surface area (Å²) in [5.74, 6) is 0. The summed E-state index contributed by atoms with van der Waals surface area (Å²) in [6, 6.07) is 10.2. The van der Waals surface area contributed by atoms with Crippen LogP contribution in [0.1, 0.15) is 10.4 Å². The summed E-state index contributed by atoms with van der Waals surface area (Å²) in [4.78, 5) is 1.23. The highest BCUT2D eigenvalue weighted by molar-refractivity contribution is 7.16. The van der Waals surface area contributed by atoms with E-state index in [9.17, 15) is 0 Å². The molecule has 0 fully saturated rings. The summed E-state index contributed by atoms with van der Waals surface area (Å²) in [7, 11) is 0. The maximum atomic E-state index is 5.83. The molecule has 0 amide bonds. The number of nitrogens with two attached hydrogens (primary N) is 1. The van der Waals surface area contributed by atoms with Gasteiger partial charge in [-0.05, 0) is 25.0 Å². The molecule has 2 rings (SSSR count). The van der Waals surface area contributed by atoms with E-state index in [2.05, 4.69) is 26.0 Å². The molecule has 2 aromatic rings. The van der Waals surface area contributed by atoms with Crippen LogP contribution in [0.25, 0.3) is 11.1 Å². The summed E-state index contributed by atoms with van der Waals surface area (Å²) in [5.41, 5.74) is 9.18. The molecule has 0 aliphatic rings. The van der Waals surface area contributed by atoms with Gasteiger partial charge >= 0.3 is 0 Å². The fourth-order valence-electron chi connectivity index (χ4n) is 1.60. The van der Waals surface area contributed by atoms with Gasteiger partial charge in [0, 0.05) is 10.4 Å². The van der Waals surface area contributed by atoms with Gasteiger partial charge in [-0.3, -0.25) is 0 Å². The number of benzene rings is 1. The number of hydrogen-bond acceptors (Lipinski definition) is 2. The second-order valence-corrected chi connectivity index (χ2v) is 4.50. The summed E-state index contributed by atoms with van der Waals surface area (Å²) < 4.78 is 0. The largest absolute Gasteiger partial charge is 0.390 e. The molecule has 0 bridgehead atoms. The van der Waals surface area contributed by atoms with Gasteiger partial charge < -0.3 is 5.73 Å². The van der Waals surface area contributed by atoms with E-state index in [1.165, 1.54) is 16.0 Å². The summed E-state index contributed by atoms with van der Waals surface area (Å²) in [5, 5.41) is 0.821. The Bertz CT molecular complexity index is 443. The summed E-state index contributed by atoms with van der Waals surface area (Å²) in [6.45, 7) is 6.08. The Kier molecular flexibility index (Phi) is 2.30. The summed E-state index contributed by atoms with van der Waals surface area (Å²) in [6.07, 6.45) is 0. The van der Waals surface area contributed by atoms with Crippen molar-refractivity contribution >= 4 is 16.3 Å². The molecule has 1 heterocycles. The van der Waals surface area contributed by atoms with Gasteiger partial charge in [0.1, 0.15) is 0 Å². The molecular weight excluding hydrogens is 190 g/mol. The minimum absolute atomic E-state index is 0.821. The average molecular weight is 202 g/mol. The molecule has 14 heavy (non-hydrogen) atoms. The third-order valence-electron chi connectivity index (χ3n) is 2.28. The number of rotatable bonds is 1. The molecule has 2 heteroatoms. The van der Waals surface area contributed by atoms with Crippen molar-refractivity contribution in [3.63, 3.8) is 0 Å². The van der Waals surface area contributed by atoms with E-state index in [1.54, 1.807) is 11.3 Å². The molecule has 0 aliphatic carbocycles. The van der Waals surface area contributed by atoms with Crippen molar-refractivity contribution in [2.75, 3.05) is 5.73 Å². The number of nitrogen functional groups attached to an aromatic ring is 1. The number of thiophene rings is 1. The SMILES string of the molecule is [CH2]c1c(N)sc(C)c1-c1ccccc1. The van der Waals surface area contributed by atoms with Crippen molar-refractivity contribution in [2.24, 2.45) is 0 Å². The van der Waals surface area contributed by atoms with Crippen LogP contribution in [0, 0.1) is 13.8 Å². The smallest absolute Gasteiger partial charge is 0.0898 e. The number of hydrogen-bond donors (Lipinski definition) is 1. The Morgan fingerprint density at radius 3 is 2.36 bits per heavy atom. The monoisotopic (exact) mass is 202 g/mol. The molecule has 1 aromatic heterocycles. The zero-order chi connectivity index (χ0) is 10.1. The quantitative estimate of drug-likeness (QED) is 0.752. The van der Waals surface area contributed by atoms with Crippen molar-refractivity contribution in [1.29, 1.82) is 0 Å². The van der Waals surface area contributed by atoms with Crippen LogP contribution in [-0.4, -0.2) is 0 Å². The van der Waals surface area contributed by atoms with Crippen LogP contribution in [-0.2, 0) is 0 Å². The minimum atomic E-state index is 0.821. The van der Waals surface area contributed by atoms with E-state index >= 15 is 0 Å². The Hall–Kier alpha value is -1.28. The van der Waals surface area contributed by atoms with Crippen molar-refractivity contribution < 1.29 is 0 Å². The topological polar surface area (TPSA) is 26.0 Å². The lowest BCUT2D eigenvalue weighted by Gasteiger charge is -2.01. The zero-order valence-corrected chi connectivity index (χ0v) is 8.90. The third-order valence-corrected chi connectivity index (χ3v) is 3.25. The molecule has 71 valence electrons. The highest BCUT2D eigenvalue weighted by atomic mass is 32.1. The first kappa shape index (κ1) is 9.28. The molecule has 0 atom stereocenters. The van der Waals surface area contributed by atoms with Crippen molar-refractivity contribution in [2.45, 2.75) is 6.92 Å². The van der Waals surface area contributed by atoms with E-state index < -0.39 is 0 Å². The standard InChI is InChI=1S/C12H12NS/c1-8-11(9(2)14-12(8)13)10-6-4-3-5-7-10/h3-7H,1,13H2,2H3. The zero-order valence-electron chi connectivity index (χ0n) is 8.08. The minimum Gasteiger partial charge on any atom is -0.390 e. The van der Waals surface area contributed by atoms with Crippen LogP contribution in [0.15, 0.2) is 30.3 Å². The number of anilines is 1. The van der Waals surface area contributed by atoms with Crippen molar-refractivity contribution in [3.8, 4) is 11.1 Å². The van der Waals surface area contributed by atoms with Crippen LogP contribution in [0.5, 0.6) is 0 Å². The first-order chi connectivity index (χ1) is 6.70. The van der Waals surface area contributed by atoms with Gasteiger partial charge in [0.05, 0.1) is 5.00 Å². The van der Waals surface area contributed by atoms with Gasteiger partial charge in [0.15, 0.2) is 0 Å². The van der Waals surface area contributed by atoms with Crippen LogP contribution in [0.3, 0.4) is 0 Å². The Labute approximate surface area is 88.2 Å². The highest BCUT2D eigenvalue weighted by Gasteiger charge is 2.10. The summed E-state index contributed by atoms with van der Waals surface area (Å²) >= 11 is 1.61. The van der Waals surface area contributed by atoms with Crippen LogP contribution < -0.4 is 5.73 Å². The maximum Gasteiger partial charge on any atom is 0.0898 e. The first-order valence-corrected chi connectivity index (χ1v) is 5.28. The molecule has 0 spiro atoms. The molecule has 0 aliphatic heterocycles. The molecule has 2 N–H and O–H groups in total. The van der Waals surface area contributed by atoms with E-state index in [4.69, 9.17) is 5.73 Å².